The Labute approximate surface area is 162 Å². The number of hydrogen-bond acceptors (Lipinski definition) is 2. The Morgan fingerprint density at radius 2 is 1.81 bits per heavy atom. The molecule has 1 aromatic heterocycles. The zero-order chi connectivity index (χ0) is 18.1. The summed E-state index contributed by atoms with van der Waals surface area (Å²) in [6, 6.07) is 13.5. The summed E-state index contributed by atoms with van der Waals surface area (Å²) in [6.45, 7) is 2.87. The first kappa shape index (κ1) is 17.3. The number of benzene rings is 2. The Morgan fingerprint density at radius 1 is 1.04 bits per heavy atom. The number of carbonyl (C=O) groups excluding carboxylic acids is 1. The molecule has 0 aliphatic carbocycles. The predicted octanol–water partition coefficient (Wildman–Crippen LogP) is 4.37. The smallest absolute Gasteiger partial charge is 0.227 e. The summed E-state index contributed by atoms with van der Waals surface area (Å²) in [5.74, 6) is 0.159. The Kier molecular flexibility index (Phi) is 4.79. The van der Waals surface area contributed by atoms with Crippen LogP contribution in [0.1, 0.15) is 5.56 Å². The largest absolute Gasteiger partial charge is 0.367 e. The van der Waals surface area contributed by atoms with Gasteiger partial charge in [-0.15, -0.1) is 0 Å². The van der Waals surface area contributed by atoms with E-state index >= 15 is 0 Å². The van der Waals surface area contributed by atoms with Crippen molar-refractivity contribution in [2.45, 2.75) is 6.42 Å². The molecule has 4 rings (SSSR count). The summed E-state index contributed by atoms with van der Waals surface area (Å²) >= 11 is 12.4. The minimum absolute atomic E-state index is 0.159. The van der Waals surface area contributed by atoms with Crippen molar-refractivity contribution in [3.63, 3.8) is 0 Å². The van der Waals surface area contributed by atoms with Gasteiger partial charge in [0.15, 0.2) is 0 Å². The number of amides is 1. The number of fused-ring (bicyclic) bond motifs is 1. The van der Waals surface area contributed by atoms with Crippen LogP contribution < -0.4 is 4.90 Å². The lowest BCUT2D eigenvalue weighted by Crippen LogP contribution is -2.49. The van der Waals surface area contributed by atoms with E-state index in [1.807, 2.05) is 47.5 Å². The quantitative estimate of drug-likeness (QED) is 0.724. The van der Waals surface area contributed by atoms with Crippen molar-refractivity contribution in [2.75, 3.05) is 31.1 Å². The summed E-state index contributed by atoms with van der Waals surface area (Å²) in [5.41, 5.74) is 3.05. The number of piperazine rings is 1. The number of halogens is 2. The van der Waals surface area contributed by atoms with Crippen LogP contribution in [0.3, 0.4) is 0 Å². The summed E-state index contributed by atoms with van der Waals surface area (Å²) in [6.07, 6.45) is 2.35. The van der Waals surface area contributed by atoms with E-state index in [-0.39, 0.29) is 5.91 Å². The van der Waals surface area contributed by atoms with E-state index < -0.39 is 0 Å². The molecule has 0 atom stereocenters. The molecule has 1 N–H and O–H groups in total. The molecule has 0 radical (unpaired) electrons. The van der Waals surface area contributed by atoms with Gasteiger partial charge in [-0.3, -0.25) is 4.79 Å². The van der Waals surface area contributed by atoms with Gasteiger partial charge in [0.2, 0.25) is 5.91 Å². The highest BCUT2D eigenvalue weighted by molar-refractivity contribution is 6.35. The van der Waals surface area contributed by atoms with Crippen molar-refractivity contribution in [2.24, 2.45) is 0 Å². The number of carbonyl (C=O) groups is 1. The van der Waals surface area contributed by atoms with Crippen molar-refractivity contribution >= 4 is 45.7 Å². The molecule has 134 valence electrons. The first-order chi connectivity index (χ1) is 12.6. The Morgan fingerprint density at radius 3 is 2.62 bits per heavy atom. The van der Waals surface area contributed by atoms with Gasteiger partial charge in [-0.1, -0.05) is 41.4 Å². The fourth-order valence-corrected chi connectivity index (χ4v) is 3.88. The molecular formula is C20H19Cl2N3O. The van der Waals surface area contributed by atoms with Crippen molar-refractivity contribution < 1.29 is 4.79 Å². The maximum Gasteiger partial charge on any atom is 0.227 e. The number of para-hydroxylation sites is 1. The molecule has 1 aliphatic rings. The highest BCUT2D eigenvalue weighted by atomic mass is 35.5. The minimum Gasteiger partial charge on any atom is -0.367 e. The summed E-state index contributed by atoms with van der Waals surface area (Å²) < 4.78 is 0. The molecule has 0 unspecified atom stereocenters. The number of aromatic nitrogens is 1. The number of rotatable bonds is 3. The zero-order valence-electron chi connectivity index (χ0n) is 14.2. The summed E-state index contributed by atoms with van der Waals surface area (Å²) in [4.78, 5) is 20.1. The van der Waals surface area contributed by atoms with Crippen molar-refractivity contribution in [3.8, 4) is 0 Å². The van der Waals surface area contributed by atoms with Gasteiger partial charge in [-0.05, 0) is 29.8 Å². The van der Waals surface area contributed by atoms with Crippen LogP contribution in [-0.2, 0) is 11.2 Å². The minimum atomic E-state index is 0.159. The van der Waals surface area contributed by atoms with E-state index in [0.717, 1.165) is 35.2 Å². The molecule has 0 bridgehead atoms. The lowest BCUT2D eigenvalue weighted by Gasteiger charge is -2.36. The van der Waals surface area contributed by atoms with Gasteiger partial charge < -0.3 is 14.8 Å². The van der Waals surface area contributed by atoms with E-state index in [9.17, 15) is 4.79 Å². The molecule has 0 spiro atoms. The lowest BCUT2D eigenvalue weighted by molar-refractivity contribution is -0.130. The number of nitrogens with one attached hydrogen (secondary N) is 1. The van der Waals surface area contributed by atoms with E-state index in [2.05, 4.69) is 9.88 Å². The van der Waals surface area contributed by atoms with Crippen LogP contribution in [0.5, 0.6) is 0 Å². The molecule has 6 heteroatoms. The molecule has 2 aromatic carbocycles. The maximum atomic E-state index is 12.7. The number of nitrogens with zero attached hydrogens (tertiary/aromatic N) is 2. The second kappa shape index (κ2) is 7.22. The number of hydrogen-bond donors (Lipinski definition) is 1. The first-order valence-electron chi connectivity index (χ1n) is 8.64. The monoisotopic (exact) mass is 387 g/mol. The van der Waals surface area contributed by atoms with Gasteiger partial charge in [-0.2, -0.15) is 0 Å². The van der Waals surface area contributed by atoms with Gasteiger partial charge in [0.1, 0.15) is 0 Å². The van der Waals surface area contributed by atoms with Crippen LogP contribution >= 0.6 is 23.2 Å². The summed E-state index contributed by atoms with van der Waals surface area (Å²) in [7, 11) is 0. The fraction of sp³-hybridized carbons (Fsp3) is 0.250. The molecule has 3 aromatic rings. The molecule has 4 nitrogen and oxygen atoms in total. The SMILES string of the molecule is O=C(Cc1c[nH]c2ccccc12)N1CCN(c2cc(Cl)ccc2Cl)CC1. The van der Waals surface area contributed by atoms with Gasteiger partial charge in [0.05, 0.1) is 17.1 Å². The Balaban J connectivity index is 1.41. The van der Waals surface area contributed by atoms with Crippen LogP contribution in [0.2, 0.25) is 10.0 Å². The van der Waals surface area contributed by atoms with Crippen molar-refractivity contribution in [1.82, 2.24) is 9.88 Å². The zero-order valence-corrected chi connectivity index (χ0v) is 15.7. The third-order valence-corrected chi connectivity index (χ3v) is 5.45. The van der Waals surface area contributed by atoms with Crippen molar-refractivity contribution in [1.29, 1.82) is 0 Å². The molecule has 26 heavy (non-hydrogen) atoms. The second-order valence-electron chi connectivity index (χ2n) is 6.50. The average molecular weight is 388 g/mol. The maximum absolute atomic E-state index is 12.7. The van der Waals surface area contributed by atoms with Crippen LogP contribution in [0.25, 0.3) is 10.9 Å². The van der Waals surface area contributed by atoms with Crippen LogP contribution in [0.15, 0.2) is 48.7 Å². The normalized spacial score (nSPS) is 14.8. The molecule has 1 saturated heterocycles. The third kappa shape index (κ3) is 3.39. The van der Waals surface area contributed by atoms with Gasteiger partial charge in [0.25, 0.3) is 0 Å². The molecule has 1 aliphatic heterocycles. The number of H-pyrrole nitrogens is 1. The van der Waals surface area contributed by atoms with Crippen molar-refractivity contribution in [3.05, 3.63) is 64.3 Å². The van der Waals surface area contributed by atoms with E-state index in [1.54, 1.807) is 6.07 Å². The summed E-state index contributed by atoms with van der Waals surface area (Å²) in [5, 5.41) is 2.47. The third-order valence-electron chi connectivity index (χ3n) is 4.90. The Hall–Kier alpha value is -2.17. The highest BCUT2D eigenvalue weighted by Crippen LogP contribution is 2.30. The van der Waals surface area contributed by atoms with Crippen LogP contribution in [0, 0.1) is 0 Å². The van der Waals surface area contributed by atoms with E-state index in [0.29, 0.717) is 29.6 Å². The fourth-order valence-electron chi connectivity index (χ4n) is 3.48. The standard InChI is InChI=1S/C20H19Cl2N3O/c21-15-5-6-17(22)19(12-15)24-7-9-25(10-8-24)20(26)11-14-13-23-18-4-2-1-3-16(14)18/h1-6,12-13,23H,7-11H2. The molecule has 1 fully saturated rings. The highest BCUT2D eigenvalue weighted by Gasteiger charge is 2.23. The van der Waals surface area contributed by atoms with E-state index in [4.69, 9.17) is 23.2 Å². The van der Waals surface area contributed by atoms with Gasteiger partial charge in [-0.25, -0.2) is 0 Å². The topological polar surface area (TPSA) is 39.3 Å². The lowest BCUT2D eigenvalue weighted by atomic mass is 10.1. The molecule has 2 heterocycles. The van der Waals surface area contributed by atoms with Crippen LogP contribution in [0.4, 0.5) is 5.69 Å². The second-order valence-corrected chi connectivity index (χ2v) is 7.34. The van der Waals surface area contributed by atoms with E-state index in [1.165, 1.54) is 0 Å². The average Bonchev–Trinajstić information content (AvgIpc) is 3.07. The molecule has 1 amide bonds. The first-order valence-corrected chi connectivity index (χ1v) is 9.40. The molecular weight excluding hydrogens is 369 g/mol. The molecule has 0 saturated carbocycles. The van der Waals surface area contributed by atoms with Gasteiger partial charge >= 0.3 is 0 Å². The predicted molar refractivity (Wildman–Crippen MR) is 107 cm³/mol. The van der Waals surface area contributed by atoms with Crippen LogP contribution in [-0.4, -0.2) is 42.0 Å². The Bertz CT molecular complexity index is 945. The number of anilines is 1. The number of aromatic amines is 1. The van der Waals surface area contributed by atoms with Gasteiger partial charge in [0, 0.05) is 48.3 Å².